The molecule has 2 amide bonds. The van der Waals surface area contributed by atoms with Crippen LogP contribution in [0.2, 0.25) is 0 Å². The number of anilines is 1. The first-order valence-electron chi connectivity index (χ1n) is 5.82. The summed E-state index contributed by atoms with van der Waals surface area (Å²) in [6.07, 6.45) is 4.46. The molecule has 0 atom stereocenters. The highest BCUT2D eigenvalue weighted by Gasteiger charge is 2.38. The minimum absolute atomic E-state index is 0.397. The third-order valence-electron chi connectivity index (χ3n) is 3.56. The van der Waals surface area contributed by atoms with Gasteiger partial charge in [0.2, 0.25) is 6.08 Å². The van der Waals surface area contributed by atoms with Crippen LogP contribution >= 0.6 is 0 Å². The average molecular weight is 245 g/mol. The largest absolute Gasteiger partial charge is 0.351 e. The minimum atomic E-state index is -0.507. The summed E-state index contributed by atoms with van der Waals surface area (Å²) in [6.45, 7) is 0. The predicted octanol–water partition coefficient (Wildman–Crippen LogP) is 1.92. The molecule has 0 radical (unpaired) electrons. The van der Waals surface area contributed by atoms with Gasteiger partial charge in [0.15, 0.2) is 0 Å². The molecular formula is C13H15N3O2. The molecule has 0 spiro atoms. The number of aliphatic imine (C=N–C) groups is 1. The highest BCUT2D eigenvalue weighted by Crippen LogP contribution is 2.44. The lowest BCUT2D eigenvalue weighted by Gasteiger charge is -2.37. The Kier molecular flexibility index (Phi) is 3.17. The topological polar surface area (TPSA) is 75.8 Å². The van der Waals surface area contributed by atoms with Crippen molar-refractivity contribution in [1.29, 1.82) is 0 Å². The molecule has 1 fully saturated rings. The normalized spacial score (nSPS) is 16.3. The van der Waals surface area contributed by atoms with Crippen LogP contribution in [-0.4, -0.2) is 19.2 Å². The third-order valence-corrected chi connectivity index (χ3v) is 3.56. The number of isocyanates is 1. The lowest BCUT2D eigenvalue weighted by Crippen LogP contribution is -2.33. The van der Waals surface area contributed by atoms with Crippen LogP contribution in [0.25, 0.3) is 0 Å². The Labute approximate surface area is 105 Å². The van der Waals surface area contributed by atoms with Crippen molar-refractivity contribution in [2.45, 2.75) is 24.8 Å². The lowest BCUT2D eigenvalue weighted by molar-refractivity contribution is 0.255. The van der Waals surface area contributed by atoms with Gasteiger partial charge in [-0.1, -0.05) is 12.1 Å². The number of amides is 2. The van der Waals surface area contributed by atoms with Gasteiger partial charge in [-0.05, 0) is 37.0 Å². The molecule has 0 aromatic heterocycles. The molecule has 1 saturated carbocycles. The molecule has 2 rings (SSSR count). The molecule has 18 heavy (non-hydrogen) atoms. The molecule has 5 heteroatoms. The van der Waals surface area contributed by atoms with E-state index in [1.807, 2.05) is 12.1 Å². The zero-order valence-electron chi connectivity index (χ0n) is 10.2. The number of benzene rings is 1. The molecule has 0 aliphatic heterocycles. The van der Waals surface area contributed by atoms with E-state index in [-0.39, 0.29) is 0 Å². The Morgan fingerprint density at radius 2 is 2.00 bits per heavy atom. The van der Waals surface area contributed by atoms with Gasteiger partial charge in [0.25, 0.3) is 0 Å². The molecule has 0 unspecified atom stereocenters. The Hall–Kier alpha value is -2.13. The first-order valence-corrected chi connectivity index (χ1v) is 5.82. The zero-order valence-corrected chi connectivity index (χ0v) is 10.2. The Bertz CT molecular complexity index is 499. The number of nitrogens with zero attached hydrogens (tertiary/aromatic N) is 2. The summed E-state index contributed by atoms with van der Waals surface area (Å²) >= 11 is 0. The van der Waals surface area contributed by atoms with Gasteiger partial charge in [0.1, 0.15) is 0 Å². The summed E-state index contributed by atoms with van der Waals surface area (Å²) in [6, 6.07) is 6.87. The number of urea groups is 1. The summed E-state index contributed by atoms with van der Waals surface area (Å²) in [5, 5.41) is 0. The second-order valence-electron chi connectivity index (χ2n) is 4.53. The van der Waals surface area contributed by atoms with E-state index in [1.165, 1.54) is 4.90 Å². The number of nitrogens with two attached hydrogens (primary N) is 1. The minimum Gasteiger partial charge on any atom is -0.351 e. The van der Waals surface area contributed by atoms with E-state index < -0.39 is 11.6 Å². The fraction of sp³-hybridized carbons (Fsp3) is 0.385. The van der Waals surface area contributed by atoms with Gasteiger partial charge >= 0.3 is 6.03 Å². The maximum absolute atomic E-state index is 11.0. The van der Waals surface area contributed by atoms with Crippen LogP contribution in [0.1, 0.15) is 24.8 Å². The quantitative estimate of drug-likeness (QED) is 0.652. The van der Waals surface area contributed by atoms with Crippen molar-refractivity contribution in [3.05, 3.63) is 29.8 Å². The monoisotopic (exact) mass is 245 g/mol. The van der Waals surface area contributed by atoms with Crippen molar-refractivity contribution >= 4 is 17.8 Å². The first kappa shape index (κ1) is 12.3. The van der Waals surface area contributed by atoms with Crippen molar-refractivity contribution in [1.82, 2.24) is 0 Å². The van der Waals surface area contributed by atoms with Crippen LogP contribution in [-0.2, 0) is 10.3 Å². The molecule has 0 saturated heterocycles. The van der Waals surface area contributed by atoms with Crippen LogP contribution < -0.4 is 10.6 Å². The lowest BCUT2D eigenvalue weighted by atomic mass is 9.72. The number of rotatable bonds is 3. The molecule has 2 N–H and O–H groups in total. The van der Waals surface area contributed by atoms with Gasteiger partial charge in [0, 0.05) is 12.7 Å². The van der Waals surface area contributed by atoms with Crippen molar-refractivity contribution in [2.75, 3.05) is 11.9 Å². The Balaban J connectivity index is 2.27. The van der Waals surface area contributed by atoms with Crippen molar-refractivity contribution in [3.63, 3.8) is 0 Å². The summed E-state index contributed by atoms with van der Waals surface area (Å²) in [5.74, 6) is 0. The standard InChI is InChI=1S/C13H15N3O2/c1-16(12(14)18)11-5-3-10(4-6-11)13(15-9-17)7-2-8-13/h3-6H,2,7-8H2,1H3,(H2,14,18). The molecular weight excluding hydrogens is 230 g/mol. The van der Waals surface area contributed by atoms with Gasteiger partial charge in [-0.2, -0.15) is 4.99 Å². The van der Waals surface area contributed by atoms with E-state index in [0.29, 0.717) is 0 Å². The predicted molar refractivity (Wildman–Crippen MR) is 68.1 cm³/mol. The molecule has 1 aromatic carbocycles. The van der Waals surface area contributed by atoms with Crippen LogP contribution in [0.15, 0.2) is 29.3 Å². The third kappa shape index (κ3) is 2.00. The Morgan fingerprint density at radius 1 is 1.39 bits per heavy atom. The van der Waals surface area contributed by atoms with E-state index in [2.05, 4.69) is 4.99 Å². The fourth-order valence-corrected chi connectivity index (χ4v) is 2.19. The van der Waals surface area contributed by atoms with Crippen LogP contribution in [0.3, 0.4) is 0 Å². The molecule has 1 aromatic rings. The maximum Gasteiger partial charge on any atom is 0.318 e. The van der Waals surface area contributed by atoms with Gasteiger partial charge in [-0.3, -0.25) is 4.90 Å². The van der Waals surface area contributed by atoms with Crippen LogP contribution in [0, 0.1) is 0 Å². The number of carbonyl (C=O) groups excluding carboxylic acids is 2. The zero-order chi connectivity index (χ0) is 13.2. The summed E-state index contributed by atoms with van der Waals surface area (Å²) in [5.41, 5.74) is 6.50. The van der Waals surface area contributed by atoms with E-state index >= 15 is 0 Å². The smallest absolute Gasteiger partial charge is 0.318 e. The second kappa shape index (κ2) is 4.63. The molecule has 94 valence electrons. The number of primary amides is 1. The number of hydrogen-bond acceptors (Lipinski definition) is 3. The SMILES string of the molecule is CN(C(N)=O)c1ccc(C2(N=C=O)CCC2)cc1. The molecule has 0 bridgehead atoms. The van der Waals surface area contributed by atoms with Gasteiger partial charge < -0.3 is 5.73 Å². The summed E-state index contributed by atoms with van der Waals surface area (Å²) in [7, 11) is 1.61. The van der Waals surface area contributed by atoms with E-state index in [1.54, 1.807) is 25.3 Å². The van der Waals surface area contributed by atoms with Gasteiger partial charge in [-0.25, -0.2) is 9.59 Å². The number of carbonyl (C=O) groups is 1. The average Bonchev–Trinajstić information content (AvgIpc) is 2.33. The van der Waals surface area contributed by atoms with Crippen LogP contribution in [0.5, 0.6) is 0 Å². The molecule has 0 heterocycles. The summed E-state index contributed by atoms with van der Waals surface area (Å²) in [4.78, 5) is 26.8. The van der Waals surface area contributed by atoms with E-state index in [0.717, 1.165) is 30.5 Å². The number of hydrogen-bond donors (Lipinski definition) is 1. The summed E-state index contributed by atoms with van der Waals surface area (Å²) < 4.78 is 0. The van der Waals surface area contributed by atoms with Crippen molar-refractivity contribution < 1.29 is 9.59 Å². The van der Waals surface area contributed by atoms with Crippen molar-refractivity contribution in [2.24, 2.45) is 10.7 Å². The van der Waals surface area contributed by atoms with E-state index in [9.17, 15) is 9.59 Å². The molecule has 1 aliphatic rings. The van der Waals surface area contributed by atoms with Crippen LogP contribution in [0.4, 0.5) is 10.5 Å². The Morgan fingerprint density at radius 3 is 2.39 bits per heavy atom. The molecule has 5 nitrogen and oxygen atoms in total. The van der Waals surface area contributed by atoms with E-state index in [4.69, 9.17) is 5.73 Å². The van der Waals surface area contributed by atoms with Gasteiger partial charge in [-0.15, -0.1) is 0 Å². The maximum atomic E-state index is 11.0. The fourth-order valence-electron chi connectivity index (χ4n) is 2.19. The second-order valence-corrected chi connectivity index (χ2v) is 4.53. The highest BCUT2D eigenvalue weighted by molar-refractivity contribution is 5.89. The first-order chi connectivity index (χ1) is 8.59. The highest BCUT2D eigenvalue weighted by atomic mass is 16.2. The molecule has 1 aliphatic carbocycles. The van der Waals surface area contributed by atoms with Crippen molar-refractivity contribution in [3.8, 4) is 0 Å². The van der Waals surface area contributed by atoms with Gasteiger partial charge in [0.05, 0.1) is 5.54 Å².